The van der Waals surface area contributed by atoms with Crippen molar-refractivity contribution in [1.29, 1.82) is 0 Å². The Balaban J connectivity index is 2.67. The lowest BCUT2D eigenvalue weighted by Gasteiger charge is -1.96. The van der Waals surface area contributed by atoms with E-state index in [1.165, 1.54) is 6.33 Å². The molecule has 0 atom stereocenters. The first-order chi connectivity index (χ1) is 5.40. The number of methoxy groups -OCH3 is 1. The molecule has 2 aromatic rings. The summed E-state index contributed by atoms with van der Waals surface area (Å²) >= 11 is 0. The Kier molecular flexibility index (Phi) is 1.21. The maximum Gasteiger partial charge on any atom is 0.231 e. The largest absolute Gasteiger partial charge is 0.480 e. The summed E-state index contributed by atoms with van der Waals surface area (Å²) < 4.78 is 6.46. The zero-order valence-electron chi connectivity index (χ0n) is 5.93. The van der Waals surface area contributed by atoms with Gasteiger partial charge in [-0.25, -0.2) is 0 Å². The third-order valence-electron chi connectivity index (χ3n) is 1.35. The normalized spacial score (nSPS) is 10.3. The number of fused-ring (bicyclic) bond motifs is 1. The summed E-state index contributed by atoms with van der Waals surface area (Å²) in [4.78, 5) is 0. The molecule has 0 aliphatic rings. The van der Waals surface area contributed by atoms with Crippen LogP contribution >= 0.6 is 0 Å². The van der Waals surface area contributed by atoms with Gasteiger partial charge in [0.1, 0.15) is 6.33 Å². The highest BCUT2D eigenvalue weighted by atomic mass is 16.5. The molecule has 0 saturated carbocycles. The molecule has 0 saturated heterocycles. The maximum absolute atomic E-state index is 4.90. The van der Waals surface area contributed by atoms with Crippen molar-refractivity contribution < 1.29 is 4.74 Å². The molecule has 0 amide bonds. The predicted octanol–water partition coefficient (Wildman–Crippen LogP) is 0.133. The van der Waals surface area contributed by atoms with Gasteiger partial charge in [0.15, 0.2) is 5.65 Å². The van der Waals surface area contributed by atoms with Crippen LogP contribution in [0.5, 0.6) is 5.88 Å². The van der Waals surface area contributed by atoms with Crippen LogP contribution in [0, 0.1) is 0 Å². The minimum Gasteiger partial charge on any atom is -0.480 e. The summed E-state index contributed by atoms with van der Waals surface area (Å²) in [7, 11) is 1.57. The highest BCUT2D eigenvalue weighted by molar-refractivity contribution is 5.35. The van der Waals surface area contributed by atoms with Crippen LogP contribution in [0.15, 0.2) is 18.5 Å². The maximum atomic E-state index is 4.90. The van der Waals surface area contributed by atoms with Crippen LogP contribution in [0.4, 0.5) is 0 Å². The Morgan fingerprint density at radius 3 is 3.18 bits per heavy atom. The Labute approximate surface area is 62.6 Å². The van der Waals surface area contributed by atoms with E-state index in [9.17, 15) is 0 Å². The minimum atomic E-state index is 0.553. The lowest BCUT2D eigenvalue weighted by atomic mass is 10.5. The van der Waals surface area contributed by atoms with Crippen LogP contribution in [0.1, 0.15) is 0 Å². The Morgan fingerprint density at radius 2 is 2.36 bits per heavy atom. The predicted molar refractivity (Wildman–Crippen MR) is 37.3 cm³/mol. The van der Waals surface area contributed by atoms with Crippen LogP contribution in [0.25, 0.3) is 5.65 Å². The van der Waals surface area contributed by atoms with Crippen LogP contribution in [0.2, 0.25) is 0 Å². The zero-order valence-corrected chi connectivity index (χ0v) is 5.93. The van der Waals surface area contributed by atoms with E-state index in [-0.39, 0.29) is 0 Å². The van der Waals surface area contributed by atoms with E-state index < -0.39 is 0 Å². The molecule has 0 unspecified atom stereocenters. The molecule has 56 valence electrons. The molecule has 2 rings (SSSR count). The van der Waals surface area contributed by atoms with E-state index in [1.807, 2.05) is 0 Å². The lowest BCUT2D eigenvalue weighted by Crippen LogP contribution is -1.93. The highest BCUT2D eigenvalue weighted by Crippen LogP contribution is 2.04. The van der Waals surface area contributed by atoms with E-state index in [0.29, 0.717) is 11.5 Å². The van der Waals surface area contributed by atoms with E-state index in [1.54, 1.807) is 23.8 Å². The number of aromatic nitrogens is 4. The third-order valence-corrected chi connectivity index (χ3v) is 1.35. The molecule has 2 heterocycles. The molecule has 0 N–H and O–H groups in total. The van der Waals surface area contributed by atoms with Gasteiger partial charge >= 0.3 is 0 Å². The van der Waals surface area contributed by atoms with Gasteiger partial charge in [-0.2, -0.15) is 4.52 Å². The molecular formula is C6H6N4O. The average Bonchev–Trinajstić information content (AvgIpc) is 2.50. The van der Waals surface area contributed by atoms with Crippen molar-refractivity contribution in [3.8, 4) is 5.88 Å². The van der Waals surface area contributed by atoms with Gasteiger partial charge in [-0.1, -0.05) is 0 Å². The van der Waals surface area contributed by atoms with Crippen molar-refractivity contribution in [2.75, 3.05) is 7.11 Å². The molecule has 0 spiro atoms. The first-order valence-electron chi connectivity index (χ1n) is 3.11. The van der Waals surface area contributed by atoms with Gasteiger partial charge in [0.2, 0.25) is 5.88 Å². The van der Waals surface area contributed by atoms with Crippen molar-refractivity contribution in [3.63, 3.8) is 0 Å². The van der Waals surface area contributed by atoms with Crippen LogP contribution in [-0.4, -0.2) is 26.9 Å². The fraction of sp³-hybridized carbons (Fsp3) is 0.167. The van der Waals surface area contributed by atoms with Crippen molar-refractivity contribution in [1.82, 2.24) is 19.8 Å². The van der Waals surface area contributed by atoms with E-state index >= 15 is 0 Å². The summed E-state index contributed by atoms with van der Waals surface area (Å²) in [6, 6.07) is 3.53. The number of rotatable bonds is 1. The third kappa shape index (κ3) is 0.899. The van der Waals surface area contributed by atoms with E-state index in [0.717, 1.165) is 0 Å². The fourth-order valence-corrected chi connectivity index (χ4v) is 0.820. The number of ether oxygens (including phenoxy) is 1. The number of hydrogen-bond donors (Lipinski definition) is 0. The summed E-state index contributed by atoms with van der Waals surface area (Å²) in [5.41, 5.74) is 0.714. The van der Waals surface area contributed by atoms with Gasteiger partial charge in [-0.05, 0) is 6.07 Å². The molecule has 11 heavy (non-hydrogen) atoms. The molecular weight excluding hydrogens is 144 g/mol. The molecule has 0 aromatic carbocycles. The van der Waals surface area contributed by atoms with Gasteiger partial charge in [-0.3, -0.25) is 0 Å². The molecule has 0 bridgehead atoms. The van der Waals surface area contributed by atoms with Crippen LogP contribution in [-0.2, 0) is 0 Å². The molecule has 0 fully saturated rings. The standard InChI is InChI=1S/C6H6N4O/c1-11-6-3-2-5-8-7-4-10(5)9-6/h2-4H,1H3. The Hall–Kier alpha value is -1.65. The second kappa shape index (κ2) is 2.19. The fourth-order valence-electron chi connectivity index (χ4n) is 0.820. The van der Waals surface area contributed by atoms with Crippen molar-refractivity contribution in [2.45, 2.75) is 0 Å². The first kappa shape index (κ1) is 6.09. The number of nitrogens with zero attached hydrogens (tertiary/aromatic N) is 4. The summed E-state index contributed by atoms with van der Waals surface area (Å²) in [6.07, 6.45) is 1.53. The summed E-state index contributed by atoms with van der Waals surface area (Å²) in [5.74, 6) is 0.553. The smallest absolute Gasteiger partial charge is 0.231 e. The monoisotopic (exact) mass is 150 g/mol. The van der Waals surface area contributed by atoms with Gasteiger partial charge < -0.3 is 4.74 Å². The molecule has 0 aliphatic heterocycles. The summed E-state index contributed by atoms with van der Waals surface area (Å²) in [5, 5.41) is 11.5. The minimum absolute atomic E-state index is 0.553. The Morgan fingerprint density at radius 1 is 1.45 bits per heavy atom. The lowest BCUT2D eigenvalue weighted by molar-refractivity contribution is 0.390. The quantitative estimate of drug-likeness (QED) is 0.580. The topological polar surface area (TPSA) is 52.3 Å². The molecule has 0 aliphatic carbocycles. The Bertz CT molecular complexity index is 369. The van der Waals surface area contributed by atoms with Gasteiger partial charge in [0, 0.05) is 6.07 Å². The highest BCUT2D eigenvalue weighted by Gasteiger charge is 1.96. The SMILES string of the molecule is COc1ccc2nncn2n1. The first-order valence-corrected chi connectivity index (χ1v) is 3.11. The van der Waals surface area contributed by atoms with Gasteiger partial charge in [-0.15, -0.1) is 15.3 Å². The van der Waals surface area contributed by atoms with Crippen LogP contribution < -0.4 is 4.74 Å². The van der Waals surface area contributed by atoms with Crippen molar-refractivity contribution >= 4 is 5.65 Å². The molecule has 0 radical (unpaired) electrons. The second-order valence-electron chi connectivity index (χ2n) is 2.01. The van der Waals surface area contributed by atoms with Crippen LogP contribution in [0.3, 0.4) is 0 Å². The number of hydrogen-bond acceptors (Lipinski definition) is 4. The average molecular weight is 150 g/mol. The zero-order chi connectivity index (χ0) is 7.68. The summed E-state index contributed by atoms with van der Waals surface area (Å²) in [6.45, 7) is 0. The molecule has 5 nitrogen and oxygen atoms in total. The molecule has 2 aromatic heterocycles. The second-order valence-corrected chi connectivity index (χ2v) is 2.01. The van der Waals surface area contributed by atoms with Crippen molar-refractivity contribution in [3.05, 3.63) is 18.5 Å². The van der Waals surface area contributed by atoms with Crippen molar-refractivity contribution in [2.24, 2.45) is 0 Å². The van der Waals surface area contributed by atoms with E-state index in [2.05, 4.69) is 15.3 Å². The van der Waals surface area contributed by atoms with E-state index in [4.69, 9.17) is 4.74 Å². The van der Waals surface area contributed by atoms with Gasteiger partial charge in [0.25, 0.3) is 0 Å². The van der Waals surface area contributed by atoms with Gasteiger partial charge in [0.05, 0.1) is 7.11 Å². The molecule has 5 heteroatoms.